The van der Waals surface area contributed by atoms with Gasteiger partial charge in [0.05, 0.1) is 31.1 Å². The van der Waals surface area contributed by atoms with Gasteiger partial charge >= 0.3 is 0 Å². The summed E-state index contributed by atoms with van der Waals surface area (Å²) in [6.45, 7) is 2.06. The number of amides is 1. The Hall–Kier alpha value is -3.56. The van der Waals surface area contributed by atoms with Crippen molar-refractivity contribution in [3.05, 3.63) is 41.5 Å². The maximum absolute atomic E-state index is 13.5. The molecule has 4 N–H and O–H groups in total. The number of halogens is 2. The van der Waals surface area contributed by atoms with E-state index >= 15 is 0 Å². The van der Waals surface area contributed by atoms with E-state index in [0.717, 1.165) is 24.6 Å². The van der Waals surface area contributed by atoms with Crippen LogP contribution in [0.25, 0.3) is 11.1 Å². The molecule has 1 amide bonds. The largest absolute Gasteiger partial charge is 0.494 e. The van der Waals surface area contributed by atoms with Gasteiger partial charge in [0.2, 0.25) is 0 Å². The van der Waals surface area contributed by atoms with E-state index in [1.165, 1.54) is 25.6 Å². The summed E-state index contributed by atoms with van der Waals surface area (Å²) in [5.74, 6) is 6.12. The minimum Gasteiger partial charge on any atom is -0.494 e. The Morgan fingerprint density at radius 2 is 2.08 bits per heavy atom. The number of rotatable bonds is 7. The molecule has 1 aliphatic carbocycles. The zero-order valence-electron chi connectivity index (χ0n) is 19.5. The number of carbonyl (C=O) groups excluding carboxylic acids is 1. The van der Waals surface area contributed by atoms with Crippen LogP contribution >= 0.6 is 11.8 Å². The first kappa shape index (κ1) is 25.5. The van der Waals surface area contributed by atoms with Crippen molar-refractivity contribution in [2.45, 2.75) is 37.8 Å². The molecule has 2 aliphatic rings. The van der Waals surface area contributed by atoms with Crippen LogP contribution in [0.15, 0.2) is 29.5 Å². The molecular formula is C24H24F2N6O3S. The summed E-state index contributed by atoms with van der Waals surface area (Å²) < 4.78 is 37.9. The number of methoxy groups -OCH3 is 1. The van der Waals surface area contributed by atoms with E-state index in [1.54, 1.807) is 13.0 Å². The Morgan fingerprint density at radius 1 is 1.31 bits per heavy atom. The number of pyridine rings is 2. The smallest absolute Gasteiger partial charge is 0.280 e. The fraction of sp³-hybridized carbons (Fsp3) is 0.375. The van der Waals surface area contributed by atoms with E-state index < -0.39 is 29.6 Å². The molecule has 0 spiro atoms. The summed E-state index contributed by atoms with van der Waals surface area (Å²) in [5, 5.41) is 10.6. The van der Waals surface area contributed by atoms with E-state index in [9.17, 15) is 13.6 Å². The van der Waals surface area contributed by atoms with Gasteiger partial charge in [-0.05, 0) is 30.9 Å². The molecule has 2 aromatic rings. The molecule has 1 fully saturated rings. The molecule has 0 bridgehead atoms. The molecule has 1 saturated carbocycles. The van der Waals surface area contributed by atoms with Crippen molar-refractivity contribution in [2.24, 2.45) is 16.6 Å². The van der Waals surface area contributed by atoms with Gasteiger partial charge < -0.3 is 20.5 Å². The van der Waals surface area contributed by atoms with Crippen LogP contribution in [0.4, 0.5) is 8.78 Å². The first-order chi connectivity index (χ1) is 17.2. The number of ether oxygens (including phenoxy) is 2. The number of aromatic nitrogens is 2. The molecule has 2 unspecified atom stereocenters. The van der Waals surface area contributed by atoms with Gasteiger partial charge in [-0.1, -0.05) is 17.7 Å². The predicted octanol–water partition coefficient (Wildman–Crippen LogP) is 3.68. The molecule has 2 aromatic heterocycles. The lowest BCUT2D eigenvalue weighted by Gasteiger charge is -2.18. The van der Waals surface area contributed by atoms with Crippen molar-refractivity contribution in [3.8, 4) is 28.7 Å². The van der Waals surface area contributed by atoms with Crippen LogP contribution in [0, 0.1) is 23.2 Å². The second-order valence-electron chi connectivity index (χ2n) is 8.12. The fourth-order valence-electron chi connectivity index (χ4n) is 3.44. The summed E-state index contributed by atoms with van der Waals surface area (Å²) in [5.41, 5.74) is 5.65. The van der Waals surface area contributed by atoms with Gasteiger partial charge in [-0.15, -0.1) is 0 Å². The predicted molar refractivity (Wildman–Crippen MR) is 132 cm³/mol. The molecule has 2 atom stereocenters. The highest BCUT2D eigenvalue weighted by Gasteiger charge is 2.26. The molecule has 36 heavy (non-hydrogen) atoms. The average Bonchev–Trinajstić information content (AvgIpc) is 3.59. The Bertz CT molecular complexity index is 1270. The molecule has 4 rings (SSSR count). The van der Waals surface area contributed by atoms with Gasteiger partial charge in [-0.25, -0.2) is 8.78 Å². The van der Waals surface area contributed by atoms with Crippen LogP contribution in [0.5, 0.6) is 5.75 Å². The van der Waals surface area contributed by atoms with Crippen LogP contribution in [0.1, 0.15) is 54.0 Å². The Kier molecular flexibility index (Phi) is 7.81. The SMILES string of the molecule is COc1cnc(C(F)F)cc1-c1cc(C2CN=C(C)O2)ncc1C(=O)NC(N)SC(=N)C#CC1CC1. The van der Waals surface area contributed by atoms with E-state index in [4.69, 9.17) is 20.6 Å². The molecule has 3 heterocycles. The van der Waals surface area contributed by atoms with Crippen LogP contribution in [0.2, 0.25) is 0 Å². The van der Waals surface area contributed by atoms with Crippen LogP contribution < -0.4 is 15.8 Å². The van der Waals surface area contributed by atoms with E-state index in [2.05, 4.69) is 32.1 Å². The van der Waals surface area contributed by atoms with Gasteiger partial charge in [0.1, 0.15) is 22.0 Å². The molecule has 0 aromatic carbocycles. The van der Waals surface area contributed by atoms with Crippen LogP contribution in [0.3, 0.4) is 0 Å². The third-order valence-electron chi connectivity index (χ3n) is 5.40. The van der Waals surface area contributed by atoms with Crippen LogP contribution in [-0.4, -0.2) is 46.0 Å². The topological polar surface area (TPSA) is 136 Å². The Balaban J connectivity index is 1.66. The Labute approximate surface area is 210 Å². The number of alkyl halides is 2. The number of carbonyl (C=O) groups is 1. The number of nitrogens with two attached hydrogens (primary N) is 1. The van der Waals surface area contributed by atoms with Crippen molar-refractivity contribution >= 4 is 28.6 Å². The van der Waals surface area contributed by atoms with Crippen LogP contribution in [-0.2, 0) is 4.74 Å². The van der Waals surface area contributed by atoms with Gasteiger partial charge in [0.15, 0.2) is 12.0 Å². The summed E-state index contributed by atoms with van der Waals surface area (Å²) in [6, 6.07) is 2.76. The average molecular weight is 515 g/mol. The van der Waals surface area contributed by atoms with Gasteiger partial charge in [0.25, 0.3) is 12.3 Å². The molecule has 188 valence electrons. The third kappa shape index (κ3) is 6.16. The number of hydrogen-bond donors (Lipinski definition) is 3. The van der Waals surface area contributed by atoms with Gasteiger partial charge in [-0.2, -0.15) is 0 Å². The number of nitrogens with one attached hydrogen (secondary N) is 2. The highest BCUT2D eigenvalue weighted by atomic mass is 32.2. The zero-order valence-corrected chi connectivity index (χ0v) is 20.4. The molecule has 0 saturated heterocycles. The first-order valence-electron chi connectivity index (χ1n) is 11.1. The Morgan fingerprint density at radius 3 is 2.72 bits per heavy atom. The molecule has 9 nitrogen and oxygen atoms in total. The second kappa shape index (κ2) is 11.0. The molecule has 12 heteroatoms. The van der Waals surface area contributed by atoms with Crippen molar-refractivity contribution in [2.75, 3.05) is 13.7 Å². The van der Waals surface area contributed by atoms with E-state index in [1.807, 2.05) is 0 Å². The van der Waals surface area contributed by atoms with Crippen molar-refractivity contribution < 1.29 is 23.0 Å². The quantitative estimate of drug-likeness (QED) is 0.222. The van der Waals surface area contributed by atoms with Crippen molar-refractivity contribution in [1.29, 1.82) is 5.41 Å². The highest BCUT2D eigenvalue weighted by molar-refractivity contribution is 8.14. The molecular weight excluding hydrogens is 490 g/mol. The standard InChI is InChI=1S/C24H24F2N6O3S/c1-12-29-11-20(35-12)17-7-14(15-8-18(22(25)26)31-10-19(15)34-2)16(9-30-17)23(33)32-24(28)36-21(27)6-5-13-3-4-13/h7-10,13,20,22,24,27H,3-4,11,28H2,1-2H3,(H,32,33). The summed E-state index contributed by atoms with van der Waals surface area (Å²) >= 11 is 0.898. The summed E-state index contributed by atoms with van der Waals surface area (Å²) in [7, 11) is 1.38. The van der Waals surface area contributed by atoms with Gasteiger partial charge in [0, 0.05) is 30.2 Å². The minimum absolute atomic E-state index is 0.0366. The maximum atomic E-state index is 13.5. The van der Waals surface area contributed by atoms with E-state index in [0.29, 0.717) is 24.1 Å². The van der Waals surface area contributed by atoms with Gasteiger partial charge in [-0.3, -0.25) is 25.2 Å². The highest BCUT2D eigenvalue weighted by Crippen LogP contribution is 2.36. The monoisotopic (exact) mass is 514 g/mol. The lowest BCUT2D eigenvalue weighted by atomic mass is 9.98. The molecule has 1 aliphatic heterocycles. The maximum Gasteiger partial charge on any atom is 0.280 e. The fourth-order valence-corrected chi connectivity index (χ4v) is 3.97. The summed E-state index contributed by atoms with van der Waals surface area (Å²) in [6.07, 6.45) is 1.27. The lowest BCUT2D eigenvalue weighted by molar-refractivity contribution is 0.0950. The second-order valence-corrected chi connectivity index (χ2v) is 9.27. The third-order valence-corrected chi connectivity index (χ3v) is 6.11. The number of hydrogen-bond acceptors (Lipinski definition) is 9. The normalized spacial score (nSPS) is 17.5. The lowest BCUT2D eigenvalue weighted by Crippen LogP contribution is -2.40. The number of nitrogens with zero attached hydrogens (tertiary/aromatic N) is 3. The summed E-state index contributed by atoms with van der Waals surface area (Å²) in [4.78, 5) is 25.5. The first-order valence-corrected chi connectivity index (χ1v) is 12.0. The molecule has 0 radical (unpaired) electrons. The zero-order chi connectivity index (χ0) is 25.8. The van der Waals surface area contributed by atoms with E-state index in [-0.39, 0.29) is 27.5 Å². The van der Waals surface area contributed by atoms with Crippen molar-refractivity contribution in [1.82, 2.24) is 15.3 Å². The number of thioether (sulfide) groups is 1. The number of aliphatic imine (C=N–C) groups is 1. The minimum atomic E-state index is -2.82. The van der Waals surface area contributed by atoms with Crippen molar-refractivity contribution in [3.63, 3.8) is 0 Å².